The molecule has 140 valence electrons. The normalized spacial score (nSPS) is 14.1. The lowest BCUT2D eigenvalue weighted by atomic mass is 10.1. The van der Waals surface area contributed by atoms with E-state index in [1.807, 2.05) is 6.07 Å². The first kappa shape index (κ1) is 18.7. The van der Waals surface area contributed by atoms with Crippen LogP contribution >= 0.6 is 11.6 Å². The molecule has 0 atom stereocenters. The molecule has 1 heterocycles. The number of hydrogen-bond donors (Lipinski definition) is 0. The fourth-order valence-electron chi connectivity index (χ4n) is 2.82. The van der Waals surface area contributed by atoms with Crippen molar-refractivity contribution < 1.29 is 23.9 Å². The number of amides is 4. The number of methoxy groups -OCH3 is 2. The van der Waals surface area contributed by atoms with Crippen molar-refractivity contribution in [2.75, 3.05) is 25.7 Å². The van der Waals surface area contributed by atoms with E-state index >= 15 is 0 Å². The highest BCUT2D eigenvalue weighted by atomic mass is 35.5. The molecule has 1 aliphatic rings. The van der Waals surface area contributed by atoms with Crippen molar-refractivity contribution >= 4 is 35.1 Å². The second-order valence-corrected chi connectivity index (χ2v) is 6.24. The molecule has 1 saturated heterocycles. The van der Waals surface area contributed by atoms with Crippen LogP contribution in [-0.2, 0) is 16.0 Å². The molecule has 2 aromatic carbocycles. The van der Waals surface area contributed by atoms with Crippen LogP contribution in [0, 0.1) is 0 Å². The van der Waals surface area contributed by atoms with Crippen LogP contribution in [0.25, 0.3) is 0 Å². The minimum Gasteiger partial charge on any atom is -0.493 e. The van der Waals surface area contributed by atoms with Gasteiger partial charge in [0.05, 0.1) is 19.9 Å². The molecule has 0 bridgehead atoms. The number of rotatable bonds is 6. The maximum atomic E-state index is 12.6. The van der Waals surface area contributed by atoms with Gasteiger partial charge in [-0.1, -0.05) is 23.7 Å². The fraction of sp³-hybridized carbons (Fsp3) is 0.211. The molecule has 1 fully saturated rings. The Morgan fingerprint density at radius 1 is 0.926 bits per heavy atom. The Morgan fingerprint density at radius 2 is 1.67 bits per heavy atom. The first-order valence-corrected chi connectivity index (χ1v) is 8.50. The van der Waals surface area contributed by atoms with Crippen LogP contribution < -0.4 is 14.4 Å². The number of nitrogens with zero attached hydrogens (tertiary/aromatic N) is 2. The largest absolute Gasteiger partial charge is 0.493 e. The first-order valence-electron chi connectivity index (χ1n) is 8.12. The van der Waals surface area contributed by atoms with Crippen LogP contribution in [0.15, 0.2) is 42.5 Å². The van der Waals surface area contributed by atoms with Gasteiger partial charge < -0.3 is 9.47 Å². The minimum atomic E-state index is -0.894. The summed E-state index contributed by atoms with van der Waals surface area (Å²) < 4.78 is 10.4. The number of carbonyl (C=O) groups is 3. The number of carbonyl (C=O) groups excluding carboxylic acids is 3. The standard InChI is InChI=1S/C19H17ClN2O5/c1-26-15-7-6-12(10-16(15)27-2)8-9-21-17(23)18(24)22(19(21)25)14-5-3-4-13(20)11-14/h3-7,10-11H,8-9H2,1-2H3. The van der Waals surface area contributed by atoms with E-state index in [0.29, 0.717) is 22.9 Å². The van der Waals surface area contributed by atoms with E-state index in [4.69, 9.17) is 21.1 Å². The Kier molecular flexibility index (Phi) is 5.32. The van der Waals surface area contributed by atoms with Crippen molar-refractivity contribution in [1.29, 1.82) is 0 Å². The van der Waals surface area contributed by atoms with Crippen molar-refractivity contribution in [3.63, 3.8) is 0 Å². The Hall–Kier alpha value is -3.06. The summed E-state index contributed by atoms with van der Waals surface area (Å²) in [6, 6.07) is 10.9. The fourth-order valence-corrected chi connectivity index (χ4v) is 3.01. The maximum absolute atomic E-state index is 12.6. The van der Waals surface area contributed by atoms with Gasteiger partial charge in [0.1, 0.15) is 0 Å². The molecular formula is C19H17ClN2O5. The summed E-state index contributed by atoms with van der Waals surface area (Å²) in [4.78, 5) is 38.9. The van der Waals surface area contributed by atoms with Crippen LogP contribution in [0.5, 0.6) is 11.5 Å². The Morgan fingerprint density at radius 3 is 2.33 bits per heavy atom. The van der Waals surface area contributed by atoms with Gasteiger partial charge in [0.15, 0.2) is 11.5 Å². The molecule has 4 amide bonds. The average Bonchev–Trinajstić information content (AvgIpc) is 2.88. The van der Waals surface area contributed by atoms with Crippen molar-refractivity contribution in [3.05, 3.63) is 53.1 Å². The second kappa shape index (κ2) is 7.67. The molecule has 0 aliphatic carbocycles. The second-order valence-electron chi connectivity index (χ2n) is 5.80. The minimum absolute atomic E-state index is 0.0654. The third-order valence-electron chi connectivity index (χ3n) is 4.19. The number of anilines is 1. The summed E-state index contributed by atoms with van der Waals surface area (Å²) in [6.07, 6.45) is 0.370. The average molecular weight is 389 g/mol. The van der Waals surface area contributed by atoms with E-state index in [2.05, 4.69) is 0 Å². The van der Waals surface area contributed by atoms with Crippen LogP contribution in [0.2, 0.25) is 5.02 Å². The quantitative estimate of drug-likeness (QED) is 0.561. The van der Waals surface area contributed by atoms with Gasteiger partial charge in [-0.2, -0.15) is 0 Å². The van der Waals surface area contributed by atoms with Crippen molar-refractivity contribution in [2.45, 2.75) is 6.42 Å². The number of imide groups is 2. The molecule has 1 aliphatic heterocycles. The van der Waals surface area contributed by atoms with E-state index in [1.165, 1.54) is 20.3 Å². The Balaban J connectivity index is 1.77. The van der Waals surface area contributed by atoms with E-state index in [1.54, 1.807) is 30.3 Å². The zero-order valence-corrected chi connectivity index (χ0v) is 15.5. The number of benzene rings is 2. The van der Waals surface area contributed by atoms with Crippen LogP contribution in [0.4, 0.5) is 10.5 Å². The third kappa shape index (κ3) is 3.59. The molecule has 0 spiro atoms. The number of hydrogen-bond acceptors (Lipinski definition) is 5. The van der Waals surface area contributed by atoms with Crippen LogP contribution in [-0.4, -0.2) is 43.5 Å². The van der Waals surface area contributed by atoms with Gasteiger partial charge in [0.25, 0.3) is 0 Å². The Bertz CT molecular complexity index is 915. The molecule has 0 unspecified atom stereocenters. The smallest absolute Gasteiger partial charge is 0.338 e. The van der Waals surface area contributed by atoms with Gasteiger partial charge in [-0.3, -0.25) is 14.5 Å². The molecule has 0 aromatic heterocycles. The molecule has 0 N–H and O–H groups in total. The lowest BCUT2D eigenvalue weighted by Crippen LogP contribution is -2.34. The van der Waals surface area contributed by atoms with Gasteiger partial charge in [-0.25, -0.2) is 9.69 Å². The van der Waals surface area contributed by atoms with Gasteiger partial charge >= 0.3 is 17.8 Å². The summed E-state index contributed by atoms with van der Waals surface area (Å²) in [5, 5.41) is 0.365. The summed E-state index contributed by atoms with van der Waals surface area (Å²) in [5.74, 6) is -0.627. The van der Waals surface area contributed by atoms with Crippen molar-refractivity contribution in [2.24, 2.45) is 0 Å². The van der Waals surface area contributed by atoms with Crippen LogP contribution in [0.3, 0.4) is 0 Å². The molecule has 0 saturated carbocycles. The summed E-state index contributed by atoms with van der Waals surface area (Å²) in [7, 11) is 3.06. The van der Waals surface area contributed by atoms with E-state index < -0.39 is 17.8 Å². The summed E-state index contributed by atoms with van der Waals surface area (Å²) in [5.41, 5.74) is 1.10. The first-order chi connectivity index (χ1) is 13.0. The van der Waals surface area contributed by atoms with Crippen molar-refractivity contribution in [1.82, 2.24) is 4.90 Å². The van der Waals surface area contributed by atoms with Gasteiger partial charge in [-0.15, -0.1) is 0 Å². The van der Waals surface area contributed by atoms with E-state index in [-0.39, 0.29) is 12.2 Å². The number of ether oxygens (including phenoxy) is 2. The van der Waals surface area contributed by atoms with Gasteiger partial charge in [-0.05, 0) is 42.3 Å². The highest BCUT2D eigenvalue weighted by Gasteiger charge is 2.45. The lowest BCUT2D eigenvalue weighted by Gasteiger charge is -2.16. The highest BCUT2D eigenvalue weighted by Crippen LogP contribution is 2.28. The Labute approximate surface area is 161 Å². The van der Waals surface area contributed by atoms with Gasteiger partial charge in [0, 0.05) is 11.6 Å². The molecular weight excluding hydrogens is 372 g/mol. The predicted octanol–water partition coefficient (Wildman–Crippen LogP) is 2.90. The molecule has 0 radical (unpaired) electrons. The van der Waals surface area contributed by atoms with E-state index in [0.717, 1.165) is 15.4 Å². The number of urea groups is 1. The molecule has 8 heteroatoms. The highest BCUT2D eigenvalue weighted by molar-refractivity contribution is 6.52. The SMILES string of the molecule is COc1ccc(CCN2C(=O)C(=O)N(c3cccc(Cl)c3)C2=O)cc1OC. The topological polar surface area (TPSA) is 76.2 Å². The molecule has 2 aromatic rings. The van der Waals surface area contributed by atoms with Crippen molar-refractivity contribution in [3.8, 4) is 11.5 Å². The predicted molar refractivity (Wildman–Crippen MR) is 99.3 cm³/mol. The third-order valence-corrected chi connectivity index (χ3v) is 4.43. The molecule has 27 heavy (non-hydrogen) atoms. The van der Waals surface area contributed by atoms with Gasteiger partial charge in [0.2, 0.25) is 0 Å². The zero-order valence-electron chi connectivity index (χ0n) is 14.8. The zero-order chi connectivity index (χ0) is 19.6. The molecule has 3 rings (SSSR count). The summed E-state index contributed by atoms with van der Waals surface area (Å²) in [6.45, 7) is 0.0654. The van der Waals surface area contributed by atoms with E-state index in [9.17, 15) is 14.4 Å². The molecule has 7 nitrogen and oxygen atoms in total. The monoisotopic (exact) mass is 388 g/mol. The van der Waals surface area contributed by atoms with Crippen LogP contribution in [0.1, 0.15) is 5.56 Å². The number of halogens is 1. The maximum Gasteiger partial charge on any atom is 0.338 e. The summed E-state index contributed by atoms with van der Waals surface area (Å²) >= 11 is 5.92. The lowest BCUT2D eigenvalue weighted by molar-refractivity contribution is -0.139.